The fraction of sp³-hybridized carbons (Fsp3) is 0.208. The molecule has 0 aliphatic rings. The maximum Gasteiger partial charge on any atom is 0.326 e. The predicted octanol–water partition coefficient (Wildman–Crippen LogP) is 3.06. The second kappa shape index (κ2) is 11.1. The molecule has 0 unspecified atom stereocenters. The topological polar surface area (TPSA) is 83.5 Å². The van der Waals surface area contributed by atoms with Crippen molar-refractivity contribution >= 4 is 14.0 Å². The van der Waals surface area contributed by atoms with Crippen LogP contribution in [-0.2, 0) is 24.5 Å². The first kappa shape index (κ1) is 23.0. The Labute approximate surface area is 187 Å². The van der Waals surface area contributed by atoms with Gasteiger partial charge in [0.25, 0.3) is 0 Å². The Balaban J connectivity index is 1.88. The van der Waals surface area contributed by atoms with Crippen molar-refractivity contribution in [2.24, 2.45) is 0 Å². The molecule has 0 spiro atoms. The van der Waals surface area contributed by atoms with Crippen LogP contribution in [0.3, 0.4) is 0 Å². The van der Waals surface area contributed by atoms with Crippen molar-refractivity contribution in [2.45, 2.75) is 19.8 Å². The van der Waals surface area contributed by atoms with Gasteiger partial charge in [-0.3, -0.25) is 0 Å². The van der Waals surface area contributed by atoms with E-state index in [4.69, 9.17) is 23.6 Å². The van der Waals surface area contributed by atoms with Crippen molar-refractivity contribution in [2.75, 3.05) is 14.2 Å². The maximum absolute atomic E-state index is 12.5. The standard InChI is InChI=1S/C24H25BO7/c1-28-19-8-3-16(4-9-19)14-30-21-12-7-18(13-26)22(24(27)32-25)23(21)31-15-17-5-10-20(29-2)11-6-17/h3-12,26H,13-15,25H2,1-2H3. The van der Waals surface area contributed by atoms with Crippen LogP contribution in [-0.4, -0.2) is 33.3 Å². The van der Waals surface area contributed by atoms with E-state index in [1.165, 1.54) is 8.05 Å². The summed E-state index contributed by atoms with van der Waals surface area (Å²) in [4.78, 5) is 12.5. The molecule has 7 nitrogen and oxygen atoms in total. The van der Waals surface area contributed by atoms with E-state index in [2.05, 4.69) is 0 Å². The Bertz CT molecular complexity index is 1030. The maximum atomic E-state index is 12.5. The Kier molecular flexibility index (Phi) is 7.99. The summed E-state index contributed by atoms with van der Waals surface area (Å²) in [7, 11) is 4.48. The molecule has 3 aromatic rings. The third-order valence-electron chi connectivity index (χ3n) is 4.86. The molecule has 0 radical (unpaired) electrons. The molecular weight excluding hydrogens is 411 g/mol. The van der Waals surface area contributed by atoms with Crippen LogP contribution >= 0.6 is 0 Å². The monoisotopic (exact) mass is 436 g/mol. The molecule has 0 fully saturated rings. The van der Waals surface area contributed by atoms with Gasteiger partial charge in [-0.15, -0.1) is 0 Å². The van der Waals surface area contributed by atoms with Gasteiger partial charge in [0.1, 0.15) is 30.3 Å². The van der Waals surface area contributed by atoms with Crippen LogP contribution in [0.15, 0.2) is 60.7 Å². The van der Waals surface area contributed by atoms with Crippen LogP contribution in [0.25, 0.3) is 0 Å². The zero-order valence-electron chi connectivity index (χ0n) is 18.3. The summed E-state index contributed by atoms with van der Waals surface area (Å²) < 4.78 is 27.3. The van der Waals surface area contributed by atoms with E-state index >= 15 is 0 Å². The van der Waals surface area contributed by atoms with Gasteiger partial charge in [-0.25, -0.2) is 4.79 Å². The average Bonchev–Trinajstić information content (AvgIpc) is 2.86. The Morgan fingerprint density at radius 3 is 1.81 bits per heavy atom. The minimum atomic E-state index is -0.617. The molecule has 3 aromatic carbocycles. The second-order valence-corrected chi connectivity index (χ2v) is 6.85. The van der Waals surface area contributed by atoms with Crippen LogP contribution in [0.4, 0.5) is 0 Å². The molecule has 32 heavy (non-hydrogen) atoms. The number of rotatable bonds is 10. The third kappa shape index (κ3) is 5.53. The van der Waals surface area contributed by atoms with Crippen molar-refractivity contribution in [1.82, 2.24) is 0 Å². The third-order valence-corrected chi connectivity index (χ3v) is 4.86. The normalized spacial score (nSPS) is 10.3. The molecule has 8 heteroatoms. The summed E-state index contributed by atoms with van der Waals surface area (Å²) in [6.07, 6.45) is 0. The largest absolute Gasteiger partial charge is 0.540 e. The lowest BCUT2D eigenvalue weighted by atomic mass is 10.1. The van der Waals surface area contributed by atoms with Gasteiger partial charge >= 0.3 is 14.0 Å². The molecule has 0 aliphatic carbocycles. The minimum absolute atomic E-state index is 0.135. The minimum Gasteiger partial charge on any atom is -0.540 e. The van der Waals surface area contributed by atoms with Gasteiger partial charge in [-0.2, -0.15) is 0 Å². The first-order valence-corrected chi connectivity index (χ1v) is 9.96. The number of aliphatic hydroxyl groups excluding tert-OH is 1. The zero-order chi connectivity index (χ0) is 22.9. The number of carbonyl (C=O) groups excluding carboxylic acids is 1. The summed E-state index contributed by atoms with van der Waals surface area (Å²) >= 11 is 0. The molecule has 0 atom stereocenters. The van der Waals surface area contributed by atoms with E-state index in [0.29, 0.717) is 11.3 Å². The Morgan fingerprint density at radius 2 is 1.34 bits per heavy atom. The molecule has 0 heterocycles. The number of hydrogen-bond acceptors (Lipinski definition) is 7. The van der Waals surface area contributed by atoms with Crippen molar-refractivity contribution in [1.29, 1.82) is 0 Å². The number of ether oxygens (including phenoxy) is 4. The predicted molar refractivity (Wildman–Crippen MR) is 121 cm³/mol. The zero-order valence-corrected chi connectivity index (χ0v) is 18.3. The van der Waals surface area contributed by atoms with Crippen molar-refractivity contribution in [3.8, 4) is 23.0 Å². The van der Waals surface area contributed by atoms with E-state index in [9.17, 15) is 9.90 Å². The van der Waals surface area contributed by atoms with Crippen molar-refractivity contribution in [3.05, 3.63) is 82.9 Å². The van der Waals surface area contributed by atoms with E-state index in [1.807, 2.05) is 48.5 Å². The molecule has 0 bridgehead atoms. The average molecular weight is 436 g/mol. The highest BCUT2D eigenvalue weighted by Crippen LogP contribution is 2.36. The lowest BCUT2D eigenvalue weighted by Gasteiger charge is -2.18. The fourth-order valence-corrected chi connectivity index (χ4v) is 3.08. The number of hydrogen-bond donors (Lipinski definition) is 1. The lowest BCUT2D eigenvalue weighted by molar-refractivity contribution is 0.0739. The van der Waals surface area contributed by atoms with Crippen LogP contribution in [0.1, 0.15) is 27.0 Å². The molecule has 0 saturated carbocycles. The molecule has 0 saturated heterocycles. The molecule has 0 aromatic heterocycles. The highest BCUT2D eigenvalue weighted by molar-refractivity contribution is 6.11. The first-order valence-electron chi connectivity index (χ1n) is 9.96. The van der Waals surface area contributed by atoms with Crippen molar-refractivity contribution < 1.29 is 33.5 Å². The van der Waals surface area contributed by atoms with Crippen LogP contribution < -0.4 is 18.9 Å². The van der Waals surface area contributed by atoms with Gasteiger partial charge in [-0.05, 0) is 47.0 Å². The lowest BCUT2D eigenvalue weighted by Crippen LogP contribution is -2.12. The summed E-state index contributed by atoms with van der Waals surface area (Å²) in [5.74, 6) is 1.45. The summed E-state index contributed by atoms with van der Waals surface area (Å²) in [5, 5.41) is 9.75. The smallest absolute Gasteiger partial charge is 0.326 e. The number of aliphatic hydroxyl groups is 1. The molecule has 166 valence electrons. The Hall–Kier alpha value is -3.65. The molecule has 0 amide bonds. The SMILES string of the molecule is BOC(=O)c1c(CO)ccc(OCc2ccc(OC)cc2)c1OCc1ccc(OC)cc1. The highest BCUT2D eigenvalue weighted by Gasteiger charge is 2.22. The number of methoxy groups -OCH3 is 2. The number of carbonyl (C=O) groups is 1. The number of benzene rings is 3. The molecule has 3 rings (SSSR count). The van der Waals surface area contributed by atoms with Gasteiger partial charge in [0.05, 0.1) is 20.8 Å². The van der Waals surface area contributed by atoms with E-state index in [-0.39, 0.29) is 31.1 Å². The van der Waals surface area contributed by atoms with Gasteiger partial charge in [0.2, 0.25) is 0 Å². The molecule has 0 aliphatic heterocycles. The van der Waals surface area contributed by atoms with E-state index in [0.717, 1.165) is 22.6 Å². The van der Waals surface area contributed by atoms with Gasteiger partial charge < -0.3 is 28.7 Å². The van der Waals surface area contributed by atoms with E-state index < -0.39 is 5.97 Å². The Morgan fingerprint density at radius 1 is 0.812 bits per heavy atom. The van der Waals surface area contributed by atoms with Gasteiger partial charge in [-0.1, -0.05) is 30.3 Å². The van der Waals surface area contributed by atoms with Crippen LogP contribution in [0.5, 0.6) is 23.0 Å². The second-order valence-electron chi connectivity index (χ2n) is 6.85. The van der Waals surface area contributed by atoms with Crippen LogP contribution in [0, 0.1) is 0 Å². The first-order chi connectivity index (χ1) is 15.6. The summed E-state index contributed by atoms with van der Waals surface area (Å²) in [5.41, 5.74) is 2.31. The van der Waals surface area contributed by atoms with Gasteiger partial charge in [0, 0.05) is 0 Å². The molecular formula is C24H25BO7. The van der Waals surface area contributed by atoms with E-state index in [1.54, 1.807) is 26.4 Å². The summed E-state index contributed by atoms with van der Waals surface area (Å²) in [6, 6.07) is 18.1. The highest BCUT2D eigenvalue weighted by atomic mass is 16.5. The fourth-order valence-electron chi connectivity index (χ4n) is 3.08. The molecule has 1 N–H and O–H groups in total. The summed E-state index contributed by atoms with van der Waals surface area (Å²) in [6.45, 7) is 0.0891. The van der Waals surface area contributed by atoms with Crippen LogP contribution in [0.2, 0.25) is 0 Å². The quantitative estimate of drug-likeness (QED) is 0.489. The van der Waals surface area contributed by atoms with Crippen molar-refractivity contribution in [3.63, 3.8) is 0 Å². The van der Waals surface area contributed by atoms with Gasteiger partial charge in [0.15, 0.2) is 11.5 Å².